The topological polar surface area (TPSA) is 81.2 Å². The maximum Gasteiger partial charge on any atom is 0.247 e. The summed E-state index contributed by atoms with van der Waals surface area (Å²) < 4.78 is -0.666. The molecule has 9 heteroatoms. The summed E-state index contributed by atoms with van der Waals surface area (Å²) in [4.78, 5) is 48.6. The number of para-hydroxylation sites is 1. The zero-order valence-electron chi connectivity index (χ0n) is 24.1. The third kappa shape index (κ3) is 6.18. The Labute approximate surface area is 257 Å². The molecule has 0 aromatic heterocycles. The van der Waals surface area contributed by atoms with Crippen molar-refractivity contribution < 1.29 is 19.5 Å². The van der Waals surface area contributed by atoms with Gasteiger partial charge in [-0.15, -0.1) is 24.9 Å². The van der Waals surface area contributed by atoms with E-state index < -0.39 is 22.6 Å². The number of amides is 3. The molecule has 3 aliphatic rings. The van der Waals surface area contributed by atoms with Crippen molar-refractivity contribution in [2.45, 2.75) is 72.7 Å². The molecule has 1 aromatic carbocycles. The second-order valence-corrected chi connectivity index (χ2v) is 14.0. The molecule has 3 unspecified atom stereocenters. The molecule has 41 heavy (non-hydrogen) atoms. The molecule has 1 N–H and O–H groups in total. The normalized spacial score (nSPS) is 28.0. The summed E-state index contributed by atoms with van der Waals surface area (Å²) >= 11 is 5.57. The quantitative estimate of drug-likeness (QED) is 0.155. The van der Waals surface area contributed by atoms with E-state index in [9.17, 15) is 19.5 Å². The molecule has 1 aromatic rings. The number of hydrogen-bond donors (Lipinski definition) is 1. The summed E-state index contributed by atoms with van der Waals surface area (Å²) in [5.74, 6) is -1.28. The molecule has 0 aliphatic carbocycles. The number of hydrogen-bond acceptors (Lipinski definition) is 5. The fraction of sp³-hybridized carbons (Fsp3) is 0.594. The fourth-order valence-corrected chi connectivity index (χ4v) is 10.5. The number of aliphatic hydroxyl groups is 1. The van der Waals surface area contributed by atoms with Gasteiger partial charge in [0.25, 0.3) is 0 Å². The van der Waals surface area contributed by atoms with Crippen LogP contribution in [0.2, 0.25) is 0 Å². The molecule has 0 radical (unpaired) electrons. The van der Waals surface area contributed by atoms with Gasteiger partial charge < -0.3 is 19.8 Å². The van der Waals surface area contributed by atoms with Crippen molar-refractivity contribution in [2.75, 3.05) is 37.7 Å². The average Bonchev–Trinajstić information content (AvgIpc) is 3.57. The Morgan fingerprint density at radius 2 is 1.80 bits per heavy atom. The molecule has 3 amide bonds. The number of rotatable bonds is 16. The number of thioether (sulfide) groups is 1. The van der Waals surface area contributed by atoms with Gasteiger partial charge in [-0.2, -0.15) is 0 Å². The Morgan fingerprint density at radius 1 is 1.10 bits per heavy atom. The highest BCUT2D eigenvalue weighted by Gasteiger charge is 2.76. The molecule has 224 valence electrons. The summed E-state index contributed by atoms with van der Waals surface area (Å²) in [7, 11) is 0. The number of halogens is 1. The van der Waals surface area contributed by atoms with Crippen LogP contribution in [0, 0.1) is 11.8 Å². The Bertz CT molecular complexity index is 1100. The summed E-state index contributed by atoms with van der Waals surface area (Å²) in [6, 6.07) is 8.92. The molecule has 6 atom stereocenters. The van der Waals surface area contributed by atoms with Crippen LogP contribution in [-0.2, 0) is 14.4 Å². The highest BCUT2D eigenvalue weighted by molar-refractivity contribution is 9.09. The van der Waals surface area contributed by atoms with Crippen molar-refractivity contribution in [1.82, 2.24) is 9.80 Å². The number of alkyl halides is 1. The van der Waals surface area contributed by atoms with E-state index in [0.29, 0.717) is 32.6 Å². The lowest BCUT2D eigenvalue weighted by Gasteiger charge is -2.38. The highest BCUT2D eigenvalue weighted by Crippen LogP contribution is 2.68. The lowest BCUT2D eigenvalue weighted by molar-refractivity contribution is -0.142. The van der Waals surface area contributed by atoms with Crippen molar-refractivity contribution in [1.29, 1.82) is 0 Å². The molecule has 1 spiro atoms. The van der Waals surface area contributed by atoms with Crippen molar-refractivity contribution in [2.24, 2.45) is 11.8 Å². The number of carbonyl (C=O) groups is 3. The second kappa shape index (κ2) is 14.4. The van der Waals surface area contributed by atoms with Gasteiger partial charge in [0.1, 0.15) is 6.04 Å². The number of anilines is 1. The van der Waals surface area contributed by atoms with Crippen LogP contribution >= 0.6 is 27.7 Å². The smallest absolute Gasteiger partial charge is 0.247 e. The van der Waals surface area contributed by atoms with Crippen LogP contribution in [0.5, 0.6) is 0 Å². The minimum atomic E-state index is -0.666. The molecular weight excluding hydrogens is 602 g/mol. The van der Waals surface area contributed by atoms with Crippen molar-refractivity contribution in [3.63, 3.8) is 0 Å². The number of aliphatic hydroxyl groups excluding tert-OH is 1. The van der Waals surface area contributed by atoms with Gasteiger partial charge in [-0.1, -0.05) is 72.5 Å². The van der Waals surface area contributed by atoms with Gasteiger partial charge >= 0.3 is 0 Å². The van der Waals surface area contributed by atoms with E-state index in [1.165, 1.54) is 0 Å². The van der Waals surface area contributed by atoms with E-state index >= 15 is 0 Å². The molecule has 7 nitrogen and oxygen atoms in total. The SMILES string of the molecule is C=CCN(CCCC)C(=O)C1N(CCCCCCO)C(=O)[C@@H]2[C@H](C(=O)N(CC=C)c3ccccc3)[C@H]3SC12CC3Br. The first kappa shape index (κ1) is 31.8. The molecule has 4 rings (SSSR count). The largest absolute Gasteiger partial charge is 0.396 e. The predicted octanol–water partition coefficient (Wildman–Crippen LogP) is 5.04. The first-order valence-electron chi connectivity index (χ1n) is 15.0. The lowest BCUT2D eigenvalue weighted by atomic mass is 9.70. The van der Waals surface area contributed by atoms with Crippen LogP contribution < -0.4 is 4.90 Å². The molecule has 3 saturated heterocycles. The minimum absolute atomic E-state index is 0.0233. The Kier molecular flexibility index (Phi) is 11.2. The maximum atomic E-state index is 14.4. The number of carbonyl (C=O) groups excluding carboxylic acids is 3. The van der Waals surface area contributed by atoms with Gasteiger partial charge in [0.2, 0.25) is 17.7 Å². The van der Waals surface area contributed by atoms with Crippen LogP contribution in [0.4, 0.5) is 5.69 Å². The maximum absolute atomic E-state index is 14.4. The van der Waals surface area contributed by atoms with Crippen molar-refractivity contribution in [3.05, 3.63) is 55.6 Å². The Balaban J connectivity index is 1.72. The summed E-state index contributed by atoms with van der Waals surface area (Å²) in [6.07, 6.45) is 9.21. The van der Waals surface area contributed by atoms with Gasteiger partial charge in [-0.25, -0.2) is 0 Å². The number of benzene rings is 1. The van der Waals surface area contributed by atoms with E-state index in [0.717, 1.165) is 44.2 Å². The van der Waals surface area contributed by atoms with E-state index in [1.54, 1.807) is 28.8 Å². The second-order valence-electron chi connectivity index (χ2n) is 11.3. The van der Waals surface area contributed by atoms with Crippen LogP contribution in [0.1, 0.15) is 51.9 Å². The molecular formula is C32H44BrN3O4S. The van der Waals surface area contributed by atoms with Gasteiger partial charge in [0, 0.05) is 48.6 Å². The lowest BCUT2D eigenvalue weighted by Crippen LogP contribution is -2.56. The number of likely N-dealkylation sites (tertiary alicyclic amines) is 1. The Morgan fingerprint density at radius 3 is 2.46 bits per heavy atom. The van der Waals surface area contributed by atoms with Crippen molar-refractivity contribution in [3.8, 4) is 0 Å². The summed E-state index contributed by atoms with van der Waals surface area (Å²) in [6.45, 7) is 11.9. The van der Waals surface area contributed by atoms with Gasteiger partial charge in [0.15, 0.2) is 0 Å². The highest BCUT2D eigenvalue weighted by atomic mass is 79.9. The van der Waals surface area contributed by atoms with Crippen LogP contribution in [-0.4, -0.2) is 86.3 Å². The molecule has 2 bridgehead atoms. The average molecular weight is 647 g/mol. The predicted molar refractivity (Wildman–Crippen MR) is 170 cm³/mol. The van der Waals surface area contributed by atoms with Crippen LogP contribution in [0.25, 0.3) is 0 Å². The third-order valence-electron chi connectivity index (χ3n) is 8.70. The molecule has 3 fully saturated rings. The third-order valence-corrected chi connectivity index (χ3v) is 11.9. The molecule has 3 aliphatic heterocycles. The van der Waals surface area contributed by atoms with E-state index in [-0.39, 0.29) is 34.4 Å². The molecule has 3 heterocycles. The van der Waals surface area contributed by atoms with Crippen molar-refractivity contribution >= 4 is 51.1 Å². The van der Waals surface area contributed by atoms with Gasteiger partial charge in [0.05, 0.1) is 16.6 Å². The number of unbranched alkanes of at least 4 members (excludes halogenated alkanes) is 4. The van der Waals surface area contributed by atoms with Gasteiger partial charge in [-0.3, -0.25) is 14.4 Å². The van der Waals surface area contributed by atoms with Crippen LogP contribution in [0.3, 0.4) is 0 Å². The van der Waals surface area contributed by atoms with E-state index in [2.05, 4.69) is 36.0 Å². The first-order valence-corrected chi connectivity index (χ1v) is 16.8. The standard InChI is InChI=1S/C32H44BrN3O4S/c1-4-7-19-34(17-5-2)31(40)28-32-22-24(33)27(41-32)25(26(32)30(39)36(28)20-13-8-9-14-21-37)29(38)35(18-6-3)23-15-11-10-12-16-23/h5-6,10-12,15-16,24-28,37H,2-4,7-9,13-14,17-22H2,1H3/t24?,25-,26-,27-,28?,32?/m0/s1. The first-order chi connectivity index (χ1) is 19.9. The van der Waals surface area contributed by atoms with E-state index in [1.807, 2.05) is 40.1 Å². The Hall–Kier alpha value is -2.10. The summed E-state index contributed by atoms with van der Waals surface area (Å²) in [5.41, 5.74) is 0.779. The fourth-order valence-electron chi connectivity index (χ4n) is 6.89. The summed E-state index contributed by atoms with van der Waals surface area (Å²) in [5, 5.41) is 9.10. The number of nitrogens with zero attached hydrogens (tertiary/aromatic N) is 3. The van der Waals surface area contributed by atoms with Gasteiger partial charge in [-0.05, 0) is 37.8 Å². The zero-order valence-corrected chi connectivity index (χ0v) is 26.5. The van der Waals surface area contributed by atoms with E-state index in [4.69, 9.17) is 0 Å². The zero-order chi connectivity index (χ0) is 29.6. The minimum Gasteiger partial charge on any atom is -0.396 e. The monoisotopic (exact) mass is 645 g/mol. The molecule has 0 saturated carbocycles. The van der Waals surface area contributed by atoms with Crippen LogP contribution in [0.15, 0.2) is 55.6 Å². The number of fused-ring (bicyclic) bond motifs is 1.